The van der Waals surface area contributed by atoms with Crippen molar-refractivity contribution in [2.75, 3.05) is 18.1 Å². The van der Waals surface area contributed by atoms with Crippen molar-refractivity contribution in [3.8, 4) is 6.07 Å². The first kappa shape index (κ1) is 16.0. The monoisotopic (exact) mass is 310 g/mol. The second kappa shape index (κ2) is 6.16. The van der Waals surface area contributed by atoms with Crippen LogP contribution < -0.4 is 5.32 Å². The molecular formula is C14H22N4O2S. The minimum Gasteiger partial charge on any atom is -0.311 e. The molecule has 0 aromatic carbocycles. The molecule has 1 fully saturated rings. The molecule has 21 heavy (non-hydrogen) atoms. The van der Waals surface area contributed by atoms with E-state index in [4.69, 9.17) is 5.26 Å². The lowest BCUT2D eigenvalue weighted by atomic mass is 10.1. The van der Waals surface area contributed by atoms with Gasteiger partial charge in [0.25, 0.3) is 0 Å². The number of rotatable bonds is 5. The average Bonchev–Trinajstić information content (AvgIpc) is 2.91. The van der Waals surface area contributed by atoms with Crippen molar-refractivity contribution in [3.63, 3.8) is 0 Å². The zero-order valence-electron chi connectivity index (χ0n) is 12.8. The van der Waals surface area contributed by atoms with E-state index in [0.717, 1.165) is 17.0 Å². The summed E-state index contributed by atoms with van der Waals surface area (Å²) in [6.07, 6.45) is 0.641. The summed E-state index contributed by atoms with van der Waals surface area (Å²) in [4.78, 5) is 0. The van der Waals surface area contributed by atoms with Gasteiger partial charge >= 0.3 is 0 Å². The van der Waals surface area contributed by atoms with Gasteiger partial charge < -0.3 is 5.32 Å². The number of hydrogen-bond donors (Lipinski definition) is 1. The van der Waals surface area contributed by atoms with E-state index in [2.05, 4.69) is 16.5 Å². The largest absolute Gasteiger partial charge is 0.311 e. The van der Waals surface area contributed by atoms with Crippen LogP contribution in [-0.4, -0.2) is 36.2 Å². The number of nitrogens with zero attached hydrogens (tertiary/aromatic N) is 3. The highest BCUT2D eigenvalue weighted by molar-refractivity contribution is 7.91. The summed E-state index contributed by atoms with van der Waals surface area (Å²) < 4.78 is 25.1. The summed E-state index contributed by atoms with van der Waals surface area (Å²) in [5, 5.41) is 16.6. The Balaban J connectivity index is 2.09. The average molecular weight is 310 g/mol. The molecule has 0 aliphatic carbocycles. The molecule has 1 saturated heterocycles. The molecule has 1 N–H and O–H groups in total. The molecule has 2 heterocycles. The number of nitriles is 1. The first-order chi connectivity index (χ1) is 9.84. The number of hydrogen-bond acceptors (Lipinski definition) is 5. The fourth-order valence-electron chi connectivity index (χ4n) is 2.74. The summed E-state index contributed by atoms with van der Waals surface area (Å²) in [5.74, 6) is 0.414. The van der Waals surface area contributed by atoms with Gasteiger partial charge in [0, 0.05) is 24.3 Å². The van der Waals surface area contributed by atoms with Crippen molar-refractivity contribution < 1.29 is 8.42 Å². The third-order valence-electron chi connectivity index (χ3n) is 4.00. The highest BCUT2D eigenvalue weighted by atomic mass is 32.2. The molecule has 1 aliphatic heterocycles. The summed E-state index contributed by atoms with van der Waals surface area (Å²) >= 11 is 0. The van der Waals surface area contributed by atoms with Crippen molar-refractivity contribution >= 4 is 9.84 Å². The topological polar surface area (TPSA) is 87.8 Å². The van der Waals surface area contributed by atoms with Crippen molar-refractivity contribution in [1.82, 2.24) is 15.1 Å². The fraction of sp³-hybridized carbons (Fsp3) is 0.714. The Labute approximate surface area is 126 Å². The highest BCUT2D eigenvalue weighted by Crippen LogP contribution is 2.26. The predicted molar refractivity (Wildman–Crippen MR) is 80.5 cm³/mol. The van der Waals surface area contributed by atoms with Gasteiger partial charge in [-0.15, -0.1) is 0 Å². The SMILES string of the molecule is Cc1nn(C2CCS(=O)(=O)C2)c(C)c1CNCC(C)C#N. The number of sulfone groups is 1. The second-order valence-corrected chi connectivity index (χ2v) is 8.04. The maximum Gasteiger partial charge on any atom is 0.152 e. The number of aryl methyl sites for hydroxylation is 1. The molecule has 0 amide bonds. The lowest BCUT2D eigenvalue weighted by Gasteiger charge is -2.12. The van der Waals surface area contributed by atoms with Crippen LogP contribution in [0.3, 0.4) is 0 Å². The summed E-state index contributed by atoms with van der Waals surface area (Å²) in [7, 11) is -2.91. The molecule has 116 valence electrons. The predicted octanol–water partition coefficient (Wildman–Crippen LogP) is 1.11. The van der Waals surface area contributed by atoms with Crippen LogP contribution in [0.1, 0.15) is 36.3 Å². The number of aromatic nitrogens is 2. The van der Waals surface area contributed by atoms with E-state index in [1.54, 1.807) is 0 Å². The van der Waals surface area contributed by atoms with Gasteiger partial charge in [0.2, 0.25) is 0 Å². The Morgan fingerprint density at radius 1 is 1.52 bits per heavy atom. The Hall–Kier alpha value is -1.39. The minimum atomic E-state index is -2.91. The Morgan fingerprint density at radius 2 is 2.24 bits per heavy atom. The van der Waals surface area contributed by atoms with E-state index in [0.29, 0.717) is 19.5 Å². The Kier molecular flexibility index (Phi) is 4.69. The summed E-state index contributed by atoms with van der Waals surface area (Å²) in [6.45, 7) is 7.09. The van der Waals surface area contributed by atoms with Gasteiger partial charge in [-0.05, 0) is 27.2 Å². The van der Waals surface area contributed by atoms with Gasteiger partial charge in [-0.25, -0.2) is 8.42 Å². The van der Waals surface area contributed by atoms with E-state index in [-0.39, 0.29) is 23.5 Å². The van der Waals surface area contributed by atoms with E-state index < -0.39 is 9.84 Å². The molecule has 0 radical (unpaired) electrons. The molecule has 2 atom stereocenters. The Morgan fingerprint density at radius 3 is 2.81 bits per heavy atom. The first-order valence-electron chi connectivity index (χ1n) is 7.19. The summed E-state index contributed by atoms with van der Waals surface area (Å²) in [5.41, 5.74) is 3.05. The van der Waals surface area contributed by atoms with Crippen LogP contribution in [-0.2, 0) is 16.4 Å². The van der Waals surface area contributed by atoms with Gasteiger partial charge in [-0.2, -0.15) is 10.4 Å². The molecule has 0 bridgehead atoms. The van der Waals surface area contributed by atoms with E-state index in [9.17, 15) is 8.42 Å². The van der Waals surface area contributed by atoms with Crippen LogP contribution in [0, 0.1) is 31.1 Å². The van der Waals surface area contributed by atoms with Crippen LogP contribution in [0.15, 0.2) is 0 Å². The molecule has 1 aliphatic rings. The molecule has 1 aromatic heterocycles. The standard InChI is InChI=1S/C14H22N4O2S/c1-10(6-15)7-16-8-14-11(2)17-18(12(14)3)13-4-5-21(19,20)9-13/h10,13,16H,4-5,7-9H2,1-3H3. The van der Waals surface area contributed by atoms with Crippen molar-refractivity contribution in [1.29, 1.82) is 5.26 Å². The van der Waals surface area contributed by atoms with Gasteiger partial charge in [0.05, 0.1) is 35.2 Å². The lowest BCUT2D eigenvalue weighted by molar-refractivity contribution is 0.485. The third kappa shape index (κ3) is 3.63. The normalized spacial score (nSPS) is 22.1. The summed E-state index contributed by atoms with van der Waals surface area (Å²) in [6, 6.07) is 2.15. The van der Waals surface area contributed by atoms with E-state index >= 15 is 0 Å². The molecule has 2 rings (SSSR count). The van der Waals surface area contributed by atoms with Gasteiger partial charge in [0.1, 0.15) is 0 Å². The molecule has 2 unspecified atom stereocenters. The third-order valence-corrected chi connectivity index (χ3v) is 5.75. The maximum absolute atomic E-state index is 11.6. The quantitative estimate of drug-likeness (QED) is 0.880. The van der Waals surface area contributed by atoms with Crippen molar-refractivity contribution in [2.45, 2.75) is 39.8 Å². The van der Waals surface area contributed by atoms with Crippen LogP contribution in [0.5, 0.6) is 0 Å². The number of nitrogens with one attached hydrogen (secondary N) is 1. The Bertz CT molecular complexity index is 657. The van der Waals surface area contributed by atoms with Gasteiger partial charge in [-0.3, -0.25) is 4.68 Å². The van der Waals surface area contributed by atoms with Gasteiger partial charge in [-0.1, -0.05) is 0 Å². The molecule has 0 saturated carbocycles. The minimum absolute atomic E-state index is 0.0272. The van der Waals surface area contributed by atoms with Crippen LogP contribution >= 0.6 is 0 Å². The lowest BCUT2D eigenvalue weighted by Crippen LogP contribution is -2.20. The zero-order valence-corrected chi connectivity index (χ0v) is 13.6. The fourth-order valence-corrected chi connectivity index (χ4v) is 4.43. The molecule has 7 heteroatoms. The molecule has 6 nitrogen and oxygen atoms in total. The zero-order chi connectivity index (χ0) is 15.6. The van der Waals surface area contributed by atoms with E-state index in [1.807, 2.05) is 25.5 Å². The smallest absolute Gasteiger partial charge is 0.152 e. The molecule has 0 spiro atoms. The molecular weight excluding hydrogens is 288 g/mol. The second-order valence-electron chi connectivity index (χ2n) is 5.81. The van der Waals surface area contributed by atoms with Crippen molar-refractivity contribution in [3.05, 3.63) is 17.0 Å². The highest BCUT2D eigenvalue weighted by Gasteiger charge is 2.31. The van der Waals surface area contributed by atoms with Crippen LogP contribution in [0.25, 0.3) is 0 Å². The maximum atomic E-state index is 11.6. The van der Waals surface area contributed by atoms with Crippen LogP contribution in [0.2, 0.25) is 0 Å². The van der Waals surface area contributed by atoms with Gasteiger partial charge in [0.15, 0.2) is 9.84 Å². The van der Waals surface area contributed by atoms with Crippen LogP contribution in [0.4, 0.5) is 0 Å². The first-order valence-corrected chi connectivity index (χ1v) is 9.01. The van der Waals surface area contributed by atoms with E-state index in [1.165, 1.54) is 0 Å². The van der Waals surface area contributed by atoms with Crippen molar-refractivity contribution in [2.24, 2.45) is 5.92 Å². The molecule has 1 aromatic rings.